The second-order valence-electron chi connectivity index (χ2n) is 7.07. The predicted molar refractivity (Wildman–Crippen MR) is 101 cm³/mol. The highest BCUT2D eigenvalue weighted by atomic mass is 35.5. The van der Waals surface area contributed by atoms with Crippen LogP contribution < -0.4 is 15.1 Å². The lowest BCUT2D eigenvalue weighted by atomic mass is 10.1. The summed E-state index contributed by atoms with van der Waals surface area (Å²) in [4.78, 5) is 13.6. The highest BCUT2D eigenvalue weighted by Crippen LogP contribution is 2.22. The number of aromatic nitrogens is 2. The second-order valence-corrected chi connectivity index (χ2v) is 7.50. The lowest BCUT2D eigenvalue weighted by molar-refractivity contribution is 0.622. The Hall–Kier alpha value is -2.01. The monoisotopic (exact) mass is 345 g/mol. The van der Waals surface area contributed by atoms with Crippen LogP contribution in [0.2, 0.25) is 5.02 Å². The van der Waals surface area contributed by atoms with Crippen molar-refractivity contribution in [1.82, 2.24) is 9.97 Å². The molecule has 0 unspecified atom stereocenters. The molecule has 0 radical (unpaired) electrons. The van der Waals surface area contributed by atoms with Gasteiger partial charge in [0.1, 0.15) is 5.82 Å². The van der Waals surface area contributed by atoms with Crippen molar-refractivity contribution < 1.29 is 0 Å². The van der Waals surface area contributed by atoms with Crippen molar-refractivity contribution in [1.29, 1.82) is 0 Å². The summed E-state index contributed by atoms with van der Waals surface area (Å²) in [6.07, 6.45) is 1.82. The molecule has 1 fully saturated rings. The molecule has 2 heterocycles. The molecule has 24 heavy (non-hydrogen) atoms. The summed E-state index contributed by atoms with van der Waals surface area (Å²) in [5.41, 5.74) is 1.13. The topological polar surface area (TPSA) is 44.3 Å². The highest BCUT2D eigenvalue weighted by Gasteiger charge is 2.19. The zero-order chi connectivity index (χ0) is 17.2. The van der Waals surface area contributed by atoms with Crippen molar-refractivity contribution >= 4 is 29.1 Å². The molecule has 5 nitrogen and oxygen atoms in total. The molecule has 3 rings (SSSR count). The summed E-state index contributed by atoms with van der Waals surface area (Å²) in [7, 11) is 0. The number of hydrogen-bond acceptors (Lipinski definition) is 5. The quantitative estimate of drug-likeness (QED) is 0.919. The van der Waals surface area contributed by atoms with Crippen LogP contribution in [0.25, 0.3) is 0 Å². The van der Waals surface area contributed by atoms with E-state index in [-0.39, 0.29) is 5.54 Å². The summed E-state index contributed by atoms with van der Waals surface area (Å²) >= 11 is 6.10. The number of halogens is 1. The van der Waals surface area contributed by atoms with E-state index in [9.17, 15) is 0 Å². The van der Waals surface area contributed by atoms with E-state index in [1.807, 2.05) is 30.5 Å². The van der Waals surface area contributed by atoms with Crippen molar-refractivity contribution in [3.8, 4) is 0 Å². The Morgan fingerprint density at radius 1 is 1.04 bits per heavy atom. The molecule has 0 amide bonds. The zero-order valence-electron chi connectivity index (χ0n) is 14.5. The van der Waals surface area contributed by atoms with Crippen LogP contribution >= 0.6 is 11.6 Å². The van der Waals surface area contributed by atoms with E-state index in [1.54, 1.807) is 0 Å². The third-order valence-electron chi connectivity index (χ3n) is 3.90. The lowest BCUT2D eigenvalue weighted by Crippen LogP contribution is -2.47. The van der Waals surface area contributed by atoms with E-state index in [0.717, 1.165) is 37.0 Å². The maximum atomic E-state index is 6.10. The molecule has 1 aliphatic heterocycles. The van der Waals surface area contributed by atoms with Gasteiger partial charge >= 0.3 is 0 Å². The van der Waals surface area contributed by atoms with Crippen LogP contribution in [0.5, 0.6) is 0 Å². The fraction of sp³-hybridized carbons (Fsp3) is 0.444. The standard InChI is InChI=1S/C18H24ClN5/c1-18(2,3)22-17-20-8-7-16(21-17)24-11-9-23(10-12-24)15-6-4-5-14(19)13-15/h4-8,13H,9-12H2,1-3H3,(H,20,21,22). The highest BCUT2D eigenvalue weighted by molar-refractivity contribution is 6.30. The van der Waals surface area contributed by atoms with Gasteiger partial charge in [0.2, 0.25) is 5.95 Å². The first kappa shape index (κ1) is 16.8. The molecule has 1 N–H and O–H groups in total. The Bertz CT molecular complexity index is 690. The third kappa shape index (κ3) is 4.29. The van der Waals surface area contributed by atoms with E-state index >= 15 is 0 Å². The van der Waals surface area contributed by atoms with E-state index in [1.165, 1.54) is 5.69 Å². The number of nitrogens with one attached hydrogen (secondary N) is 1. The molecule has 0 aliphatic carbocycles. The molecule has 128 valence electrons. The van der Waals surface area contributed by atoms with Gasteiger partial charge in [0, 0.05) is 48.6 Å². The van der Waals surface area contributed by atoms with Crippen molar-refractivity contribution in [3.05, 3.63) is 41.6 Å². The molecule has 1 saturated heterocycles. The number of nitrogens with zero attached hydrogens (tertiary/aromatic N) is 4. The molecule has 6 heteroatoms. The van der Waals surface area contributed by atoms with Crippen molar-refractivity contribution in [3.63, 3.8) is 0 Å². The number of piperazine rings is 1. The Morgan fingerprint density at radius 3 is 2.42 bits per heavy atom. The normalized spacial score (nSPS) is 15.5. The van der Waals surface area contributed by atoms with E-state index in [2.05, 4.69) is 51.9 Å². The van der Waals surface area contributed by atoms with Crippen LogP contribution in [0.4, 0.5) is 17.5 Å². The van der Waals surface area contributed by atoms with E-state index < -0.39 is 0 Å². The van der Waals surface area contributed by atoms with Gasteiger partial charge in [0.25, 0.3) is 0 Å². The summed E-state index contributed by atoms with van der Waals surface area (Å²) in [5, 5.41) is 4.11. The Morgan fingerprint density at radius 2 is 1.75 bits per heavy atom. The minimum absolute atomic E-state index is 0.0517. The van der Waals surface area contributed by atoms with Gasteiger partial charge < -0.3 is 15.1 Å². The summed E-state index contributed by atoms with van der Waals surface area (Å²) in [6, 6.07) is 10.0. The fourth-order valence-corrected chi connectivity index (χ4v) is 2.97. The number of anilines is 3. The minimum Gasteiger partial charge on any atom is -0.368 e. The first-order chi connectivity index (χ1) is 11.4. The van der Waals surface area contributed by atoms with Gasteiger partial charge in [0.05, 0.1) is 0 Å². The largest absolute Gasteiger partial charge is 0.368 e. The number of rotatable bonds is 3. The molecule has 1 aliphatic rings. The van der Waals surface area contributed by atoms with Crippen molar-refractivity contribution in [2.24, 2.45) is 0 Å². The molecule has 0 bridgehead atoms. The average molecular weight is 346 g/mol. The van der Waals surface area contributed by atoms with Crippen molar-refractivity contribution in [2.45, 2.75) is 26.3 Å². The first-order valence-corrected chi connectivity index (χ1v) is 8.65. The molecular weight excluding hydrogens is 322 g/mol. The molecule has 0 spiro atoms. The van der Waals surface area contributed by atoms with Crippen LogP contribution in [0, 0.1) is 0 Å². The predicted octanol–water partition coefficient (Wildman–Crippen LogP) is 3.67. The molecular formula is C18H24ClN5. The Kier molecular flexibility index (Phi) is 4.81. The third-order valence-corrected chi connectivity index (χ3v) is 4.14. The molecule has 0 atom stereocenters. The van der Waals surface area contributed by atoms with Crippen LogP contribution in [0.15, 0.2) is 36.5 Å². The Balaban J connectivity index is 1.65. The van der Waals surface area contributed by atoms with E-state index in [0.29, 0.717) is 5.95 Å². The molecule has 0 saturated carbocycles. The van der Waals surface area contributed by atoms with Crippen molar-refractivity contribution in [2.75, 3.05) is 41.3 Å². The Labute approximate surface area is 148 Å². The van der Waals surface area contributed by atoms with Crippen LogP contribution in [0.1, 0.15) is 20.8 Å². The van der Waals surface area contributed by atoms with Gasteiger partial charge in [-0.15, -0.1) is 0 Å². The van der Waals surface area contributed by atoms with Crippen LogP contribution in [-0.2, 0) is 0 Å². The SMILES string of the molecule is CC(C)(C)Nc1nccc(N2CCN(c3cccc(Cl)c3)CC2)n1. The molecule has 1 aromatic carbocycles. The number of benzene rings is 1. The second kappa shape index (κ2) is 6.85. The zero-order valence-corrected chi connectivity index (χ0v) is 15.2. The summed E-state index contributed by atoms with van der Waals surface area (Å²) in [6.45, 7) is 10.1. The van der Waals surface area contributed by atoms with Gasteiger partial charge in [-0.3, -0.25) is 0 Å². The van der Waals surface area contributed by atoms with E-state index in [4.69, 9.17) is 11.6 Å². The average Bonchev–Trinajstić information content (AvgIpc) is 2.54. The van der Waals surface area contributed by atoms with Crippen LogP contribution in [0.3, 0.4) is 0 Å². The maximum Gasteiger partial charge on any atom is 0.225 e. The minimum atomic E-state index is -0.0517. The fourth-order valence-electron chi connectivity index (χ4n) is 2.79. The van der Waals surface area contributed by atoms with Gasteiger partial charge in [0.15, 0.2) is 0 Å². The van der Waals surface area contributed by atoms with Crippen LogP contribution in [-0.4, -0.2) is 41.7 Å². The van der Waals surface area contributed by atoms with Gasteiger partial charge in [-0.25, -0.2) is 4.98 Å². The smallest absolute Gasteiger partial charge is 0.225 e. The lowest BCUT2D eigenvalue weighted by Gasteiger charge is -2.37. The molecule has 1 aromatic heterocycles. The summed E-state index contributed by atoms with van der Waals surface area (Å²) in [5.74, 6) is 1.65. The summed E-state index contributed by atoms with van der Waals surface area (Å²) < 4.78 is 0. The van der Waals surface area contributed by atoms with Gasteiger partial charge in [-0.05, 0) is 45.0 Å². The number of hydrogen-bond donors (Lipinski definition) is 1. The first-order valence-electron chi connectivity index (χ1n) is 8.27. The van der Waals surface area contributed by atoms with Gasteiger partial charge in [-0.2, -0.15) is 4.98 Å². The van der Waals surface area contributed by atoms with Gasteiger partial charge in [-0.1, -0.05) is 17.7 Å². The maximum absolute atomic E-state index is 6.10. The molecule has 2 aromatic rings.